The standard InChI is InChI=1S/C12H13NO4S/c14-10(7-1-2-7)13-9(12(15)16)6-18-11(13)8-3-4-17-5-8/h3-5,7,9,11H,1-2,6H2,(H,15,16)/p-1/t9-,11-/m0/s1. The van der Waals surface area contributed by atoms with Crippen LogP contribution in [0.4, 0.5) is 0 Å². The fourth-order valence-corrected chi connectivity index (χ4v) is 3.57. The molecule has 2 aliphatic rings. The average molecular weight is 266 g/mol. The van der Waals surface area contributed by atoms with Crippen molar-refractivity contribution in [2.45, 2.75) is 24.3 Å². The summed E-state index contributed by atoms with van der Waals surface area (Å²) in [5, 5.41) is 10.9. The molecule has 0 N–H and O–H groups in total. The molecule has 5 nitrogen and oxygen atoms in total. The van der Waals surface area contributed by atoms with Crippen molar-refractivity contribution < 1.29 is 19.1 Å². The van der Waals surface area contributed by atoms with Gasteiger partial charge in [0.05, 0.1) is 24.5 Å². The van der Waals surface area contributed by atoms with Crippen LogP contribution in [0.5, 0.6) is 0 Å². The predicted molar refractivity (Wildman–Crippen MR) is 62.3 cm³/mol. The van der Waals surface area contributed by atoms with Crippen LogP contribution in [0, 0.1) is 5.92 Å². The first-order valence-corrected chi connectivity index (χ1v) is 6.90. The summed E-state index contributed by atoms with van der Waals surface area (Å²) < 4.78 is 5.01. The highest BCUT2D eigenvalue weighted by atomic mass is 32.2. The fraction of sp³-hybridized carbons (Fsp3) is 0.500. The molecule has 0 radical (unpaired) electrons. The molecule has 0 spiro atoms. The third-order valence-electron chi connectivity index (χ3n) is 3.28. The Bertz CT molecular complexity index is 468. The van der Waals surface area contributed by atoms with Crippen molar-refractivity contribution in [3.63, 3.8) is 0 Å². The zero-order valence-corrected chi connectivity index (χ0v) is 10.4. The number of furan rings is 1. The van der Waals surface area contributed by atoms with E-state index in [1.54, 1.807) is 12.3 Å². The lowest BCUT2D eigenvalue weighted by atomic mass is 10.2. The summed E-state index contributed by atoms with van der Waals surface area (Å²) in [7, 11) is 0. The number of carbonyl (C=O) groups excluding carboxylic acids is 2. The Labute approximate surface area is 108 Å². The number of amides is 1. The van der Waals surface area contributed by atoms with E-state index in [2.05, 4.69) is 0 Å². The first-order valence-electron chi connectivity index (χ1n) is 5.85. The van der Waals surface area contributed by atoms with Crippen molar-refractivity contribution in [1.29, 1.82) is 0 Å². The minimum atomic E-state index is -1.18. The lowest BCUT2D eigenvalue weighted by molar-refractivity contribution is -0.310. The number of rotatable bonds is 3. The molecule has 1 saturated heterocycles. The van der Waals surface area contributed by atoms with Crippen LogP contribution in [-0.4, -0.2) is 28.6 Å². The van der Waals surface area contributed by atoms with Gasteiger partial charge in [0.1, 0.15) is 5.37 Å². The van der Waals surface area contributed by atoms with Gasteiger partial charge in [0.25, 0.3) is 0 Å². The molecular weight excluding hydrogens is 254 g/mol. The van der Waals surface area contributed by atoms with Gasteiger partial charge in [-0.25, -0.2) is 0 Å². The zero-order chi connectivity index (χ0) is 12.7. The number of hydrogen-bond acceptors (Lipinski definition) is 5. The molecule has 0 bridgehead atoms. The van der Waals surface area contributed by atoms with Gasteiger partial charge in [-0.1, -0.05) is 0 Å². The van der Waals surface area contributed by atoms with E-state index in [0.717, 1.165) is 18.4 Å². The highest BCUT2D eigenvalue weighted by molar-refractivity contribution is 7.99. The Kier molecular flexibility index (Phi) is 2.81. The third kappa shape index (κ3) is 1.90. The van der Waals surface area contributed by atoms with Gasteiger partial charge < -0.3 is 19.2 Å². The number of carbonyl (C=O) groups is 2. The van der Waals surface area contributed by atoms with Gasteiger partial charge in [-0.3, -0.25) is 4.79 Å². The Morgan fingerprint density at radius 2 is 2.22 bits per heavy atom. The topological polar surface area (TPSA) is 73.6 Å². The van der Waals surface area contributed by atoms with Gasteiger partial charge in [0, 0.05) is 17.2 Å². The monoisotopic (exact) mass is 266 g/mol. The molecule has 2 heterocycles. The van der Waals surface area contributed by atoms with E-state index < -0.39 is 12.0 Å². The van der Waals surface area contributed by atoms with E-state index in [1.165, 1.54) is 22.9 Å². The van der Waals surface area contributed by atoms with Gasteiger partial charge in [0.2, 0.25) is 5.91 Å². The molecule has 0 unspecified atom stereocenters. The number of hydrogen-bond donors (Lipinski definition) is 0. The molecule has 2 atom stereocenters. The largest absolute Gasteiger partial charge is 0.548 e. The average Bonchev–Trinajstić information content (AvgIpc) is 2.90. The van der Waals surface area contributed by atoms with Crippen LogP contribution >= 0.6 is 11.8 Å². The minimum Gasteiger partial charge on any atom is -0.548 e. The first-order chi connectivity index (χ1) is 8.68. The van der Waals surface area contributed by atoms with Crippen molar-refractivity contribution >= 4 is 23.6 Å². The SMILES string of the molecule is O=C([O-])[C@@H]1CS[C@@H](c2ccoc2)N1C(=O)C1CC1. The number of thioether (sulfide) groups is 1. The Morgan fingerprint density at radius 1 is 1.44 bits per heavy atom. The molecular formula is C12H12NO4S-. The highest BCUT2D eigenvalue weighted by Gasteiger charge is 2.44. The number of aliphatic carboxylic acids is 1. The summed E-state index contributed by atoms with van der Waals surface area (Å²) in [6, 6.07) is 0.936. The maximum Gasteiger partial charge on any atom is 0.227 e. The number of carboxylic acid groups (broad SMARTS) is 1. The second-order valence-electron chi connectivity index (χ2n) is 4.60. The van der Waals surface area contributed by atoms with E-state index >= 15 is 0 Å². The van der Waals surface area contributed by atoms with E-state index in [0.29, 0.717) is 5.75 Å². The molecule has 96 valence electrons. The summed E-state index contributed by atoms with van der Waals surface area (Å²) >= 11 is 1.44. The fourth-order valence-electron chi connectivity index (χ4n) is 2.17. The van der Waals surface area contributed by atoms with Gasteiger partial charge in [-0.15, -0.1) is 11.8 Å². The third-order valence-corrected chi connectivity index (χ3v) is 4.61. The van der Waals surface area contributed by atoms with Crippen LogP contribution in [-0.2, 0) is 9.59 Å². The first kappa shape index (κ1) is 11.6. The maximum absolute atomic E-state index is 12.2. The second-order valence-corrected chi connectivity index (χ2v) is 5.71. The minimum absolute atomic E-state index is 0.0000454. The molecule has 6 heteroatoms. The normalized spacial score (nSPS) is 27.4. The summed E-state index contributed by atoms with van der Waals surface area (Å²) in [5.41, 5.74) is 0.831. The van der Waals surface area contributed by atoms with Gasteiger partial charge in [-0.05, 0) is 18.9 Å². The van der Waals surface area contributed by atoms with Crippen molar-refractivity contribution in [2.24, 2.45) is 5.92 Å². The molecule has 1 aliphatic heterocycles. The Balaban J connectivity index is 1.89. The number of carboxylic acids is 1. The van der Waals surface area contributed by atoms with E-state index in [-0.39, 0.29) is 17.2 Å². The van der Waals surface area contributed by atoms with Crippen LogP contribution in [0.2, 0.25) is 0 Å². The van der Waals surface area contributed by atoms with Crippen molar-refractivity contribution in [3.05, 3.63) is 24.2 Å². The van der Waals surface area contributed by atoms with Crippen LogP contribution < -0.4 is 5.11 Å². The van der Waals surface area contributed by atoms with Crippen LogP contribution in [0.25, 0.3) is 0 Å². The summed E-state index contributed by atoms with van der Waals surface area (Å²) in [6.07, 6.45) is 4.81. The maximum atomic E-state index is 12.2. The molecule has 2 fully saturated rings. The molecule has 1 amide bonds. The van der Waals surface area contributed by atoms with Crippen molar-refractivity contribution in [2.75, 3.05) is 5.75 Å². The molecule has 1 aromatic rings. The quantitative estimate of drug-likeness (QED) is 0.791. The lowest BCUT2D eigenvalue weighted by Crippen LogP contribution is -2.49. The molecule has 1 aliphatic carbocycles. The number of nitrogens with zero attached hydrogens (tertiary/aromatic N) is 1. The van der Waals surface area contributed by atoms with Crippen molar-refractivity contribution in [3.8, 4) is 0 Å². The van der Waals surface area contributed by atoms with Crippen molar-refractivity contribution in [1.82, 2.24) is 4.90 Å². The predicted octanol–water partition coefficient (Wildman–Crippen LogP) is 0.382. The smallest absolute Gasteiger partial charge is 0.227 e. The van der Waals surface area contributed by atoms with Gasteiger partial charge >= 0.3 is 0 Å². The molecule has 1 aromatic heterocycles. The summed E-state index contributed by atoms with van der Waals surface area (Å²) in [5.74, 6) is -0.876. The summed E-state index contributed by atoms with van der Waals surface area (Å²) in [6.45, 7) is 0. The Hall–Kier alpha value is -1.43. The Morgan fingerprint density at radius 3 is 2.78 bits per heavy atom. The van der Waals surface area contributed by atoms with E-state index in [9.17, 15) is 14.7 Å². The molecule has 1 saturated carbocycles. The zero-order valence-electron chi connectivity index (χ0n) is 9.57. The molecule has 18 heavy (non-hydrogen) atoms. The molecule has 3 rings (SSSR count). The van der Waals surface area contributed by atoms with Crippen LogP contribution in [0.3, 0.4) is 0 Å². The van der Waals surface area contributed by atoms with Gasteiger partial charge in [0.15, 0.2) is 0 Å². The highest BCUT2D eigenvalue weighted by Crippen LogP contribution is 2.44. The van der Waals surface area contributed by atoms with E-state index in [1.807, 2.05) is 0 Å². The molecule has 0 aromatic carbocycles. The summed E-state index contributed by atoms with van der Waals surface area (Å²) in [4.78, 5) is 24.8. The van der Waals surface area contributed by atoms with E-state index in [4.69, 9.17) is 4.42 Å². The van der Waals surface area contributed by atoms with Crippen LogP contribution in [0.1, 0.15) is 23.8 Å². The van der Waals surface area contributed by atoms with Gasteiger partial charge in [-0.2, -0.15) is 0 Å². The van der Waals surface area contributed by atoms with Crippen LogP contribution in [0.15, 0.2) is 23.0 Å². The lowest BCUT2D eigenvalue weighted by Gasteiger charge is -2.29. The second kappa shape index (κ2) is 4.35.